The van der Waals surface area contributed by atoms with Crippen molar-refractivity contribution in [3.05, 3.63) is 35.9 Å². The van der Waals surface area contributed by atoms with Gasteiger partial charge in [-0.05, 0) is 47.7 Å². The Labute approximate surface area is 171 Å². The van der Waals surface area contributed by atoms with Gasteiger partial charge in [-0.1, -0.05) is 26.0 Å². The number of aromatic nitrogens is 4. The molecule has 2 fully saturated rings. The van der Waals surface area contributed by atoms with Crippen molar-refractivity contribution < 1.29 is 9.13 Å². The molecule has 0 aliphatic carbocycles. The molecule has 4 rings (SSSR count). The summed E-state index contributed by atoms with van der Waals surface area (Å²) in [6.45, 7) is 9.32. The normalized spacial score (nSPS) is 21.8. The Morgan fingerprint density at radius 1 is 1.17 bits per heavy atom. The van der Waals surface area contributed by atoms with E-state index in [0.717, 1.165) is 57.9 Å². The standard InChI is InChI=1S/C21H31FN6O/c1-16(2)14-20(21-23-24-25-28(21)15-17-6-5-13-29-17)27-11-9-26(10-12-27)19-8-4-3-7-18(19)22/h3-4,7-8,16-17,20H,5-6,9-15H2,1-2H3/t17-,20-/m1/s1. The van der Waals surface area contributed by atoms with E-state index in [9.17, 15) is 4.39 Å². The van der Waals surface area contributed by atoms with Gasteiger partial charge in [0.25, 0.3) is 0 Å². The molecule has 8 heteroatoms. The van der Waals surface area contributed by atoms with Gasteiger partial charge in [-0.25, -0.2) is 9.07 Å². The molecule has 3 heterocycles. The molecular weight excluding hydrogens is 371 g/mol. The summed E-state index contributed by atoms with van der Waals surface area (Å²) in [5, 5.41) is 12.7. The molecule has 0 N–H and O–H groups in total. The van der Waals surface area contributed by atoms with E-state index >= 15 is 0 Å². The molecule has 1 aromatic carbocycles. The van der Waals surface area contributed by atoms with E-state index in [1.165, 1.54) is 6.07 Å². The Balaban J connectivity index is 1.47. The SMILES string of the molecule is CC(C)C[C@H](c1nnnn1C[C@H]1CCCO1)N1CCN(c2ccccc2F)CC1. The minimum atomic E-state index is -0.153. The molecule has 2 aliphatic heterocycles. The molecule has 0 saturated carbocycles. The Hall–Kier alpha value is -2.06. The number of halogens is 1. The lowest BCUT2D eigenvalue weighted by atomic mass is 10.0. The lowest BCUT2D eigenvalue weighted by Crippen LogP contribution is -2.48. The second-order valence-electron chi connectivity index (χ2n) is 8.47. The molecule has 158 valence electrons. The fourth-order valence-electron chi connectivity index (χ4n) is 4.41. The maximum absolute atomic E-state index is 14.2. The Bertz CT molecular complexity index is 783. The minimum Gasteiger partial charge on any atom is -0.376 e. The molecule has 0 bridgehead atoms. The van der Waals surface area contributed by atoms with Gasteiger partial charge in [0, 0.05) is 32.8 Å². The highest BCUT2D eigenvalue weighted by Crippen LogP contribution is 2.29. The Kier molecular flexibility index (Phi) is 6.40. The van der Waals surface area contributed by atoms with Crippen molar-refractivity contribution in [1.82, 2.24) is 25.1 Å². The average Bonchev–Trinajstić information content (AvgIpc) is 3.39. The van der Waals surface area contributed by atoms with Gasteiger partial charge in [0.15, 0.2) is 5.82 Å². The fourth-order valence-corrected chi connectivity index (χ4v) is 4.41. The zero-order valence-electron chi connectivity index (χ0n) is 17.4. The van der Waals surface area contributed by atoms with Crippen molar-refractivity contribution in [1.29, 1.82) is 0 Å². The van der Waals surface area contributed by atoms with E-state index in [1.54, 1.807) is 6.07 Å². The molecule has 0 spiro atoms. The van der Waals surface area contributed by atoms with Crippen molar-refractivity contribution in [3.8, 4) is 0 Å². The summed E-state index contributed by atoms with van der Waals surface area (Å²) in [5.41, 5.74) is 0.691. The first-order valence-electron chi connectivity index (χ1n) is 10.7. The van der Waals surface area contributed by atoms with Crippen LogP contribution in [-0.4, -0.2) is 64.0 Å². The zero-order valence-corrected chi connectivity index (χ0v) is 17.4. The first-order chi connectivity index (χ1) is 14.1. The van der Waals surface area contributed by atoms with E-state index in [0.29, 0.717) is 18.2 Å². The molecule has 0 unspecified atom stereocenters. The van der Waals surface area contributed by atoms with Gasteiger partial charge >= 0.3 is 0 Å². The molecule has 29 heavy (non-hydrogen) atoms. The van der Waals surface area contributed by atoms with E-state index in [-0.39, 0.29) is 18.0 Å². The van der Waals surface area contributed by atoms with Crippen molar-refractivity contribution in [2.24, 2.45) is 5.92 Å². The molecule has 2 aromatic rings. The van der Waals surface area contributed by atoms with Gasteiger partial charge in [0.05, 0.1) is 24.4 Å². The summed E-state index contributed by atoms with van der Waals surface area (Å²) >= 11 is 0. The van der Waals surface area contributed by atoms with Crippen LogP contribution in [0.1, 0.15) is 45.0 Å². The zero-order chi connectivity index (χ0) is 20.2. The van der Waals surface area contributed by atoms with Crippen LogP contribution in [0.5, 0.6) is 0 Å². The number of benzene rings is 1. The predicted octanol–water partition coefficient (Wildman–Crippen LogP) is 2.90. The number of hydrogen-bond acceptors (Lipinski definition) is 6. The lowest BCUT2D eigenvalue weighted by Gasteiger charge is -2.40. The third kappa shape index (κ3) is 4.75. The van der Waals surface area contributed by atoms with Crippen molar-refractivity contribution in [2.75, 3.05) is 37.7 Å². The first-order valence-corrected chi connectivity index (χ1v) is 10.7. The molecule has 2 saturated heterocycles. The smallest absolute Gasteiger partial charge is 0.168 e. The quantitative estimate of drug-likeness (QED) is 0.710. The largest absolute Gasteiger partial charge is 0.376 e. The van der Waals surface area contributed by atoms with Crippen LogP contribution in [0.15, 0.2) is 24.3 Å². The van der Waals surface area contributed by atoms with Crippen LogP contribution >= 0.6 is 0 Å². The topological polar surface area (TPSA) is 59.3 Å². The molecule has 1 aromatic heterocycles. The fraction of sp³-hybridized carbons (Fsp3) is 0.667. The van der Waals surface area contributed by atoms with E-state index in [4.69, 9.17) is 4.74 Å². The van der Waals surface area contributed by atoms with E-state index in [2.05, 4.69) is 39.2 Å². The summed E-state index contributed by atoms with van der Waals surface area (Å²) in [4.78, 5) is 4.59. The average molecular weight is 403 g/mol. The van der Waals surface area contributed by atoms with Crippen LogP contribution in [0.4, 0.5) is 10.1 Å². The summed E-state index contributed by atoms with van der Waals surface area (Å²) in [6.07, 6.45) is 3.37. The highest BCUT2D eigenvalue weighted by atomic mass is 19.1. The minimum absolute atomic E-state index is 0.153. The van der Waals surface area contributed by atoms with Crippen LogP contribution in [0, 0.1) is 11.7 Å². The van der Waals surface area contributed by atoms with Crippen molar-refractivity contribution >= 4 is 5.69 Å². The number of hydrogen-bond donors (Lipinski definition) is 0. The second kappa shape index (κ2) is 9.17. The number of ether oxygens (including phenoxy) is 1. The monoisotopic (exact) mass is 402 g/mol. The highest BCUT2D eigenvalue weighted by Gasteiger charge is 2.31. The Morgan fingerprint density at radius 3 is 2.66 bits per heavy atom. The van der Waals surface area contributed by atoms with E-state index < -0.39 is 0 Å². The van der Waals surface area contributed by atoms with Gasteiger partial charge in [-0.3, -0.25) is 4.90 Å². The third-order valence-corrected chi connectivity index (χ3v) is 5.90. The van der Waals surface area contributed by atoms with Crippen LogP contribution in [0.25, 0.3) is 0 Å². The van der Waals surface area contributed by atoms with Crippen LogP contribution < -0.4 is 4.90 Å². The number of piperazine rings is 1. The molecule has 2 aliphatic rings. The summed E-state index contributed by atoms with van der Waals surface area (Å²) in [6, 6.07) is 7.18. The number of rotatable bonds is 7. The van der Waals surface area contributed by atoms with Gasteiger partial charge in [-0.15, -0.1) is 5.10 Å². The number of anilines is 1. The number of para-hydroxylation sites is 1. The molecular formula is C21H31FN6O. The second-order valence-corrected chi connectivity index (χ2v) is 8.47. The Morgan fingerprint density at radius 2 is 1.97 bits per heavy atom. The van der Waals surface area contributed by atoms with Crippen LogP contribution in [0.2, 0.25) is 0 Å². The third-order valence-electron chi connectivity index (χ3n) is 5.90. The first kappa shape index (κ1) is 20.2. The van der Waals surface area contributed by atoms with Gasteiger partial charge in [-0.2, -0.15) is 0 Å². The molecule has 0 radical (unpaired) electrons. The van der Waals surface area contributed by atoms with Crippen molar-refractivity contribution in [3.63, 3.8) is 0 Å². The number of tetrazole rings is 1. The van der Waals surface area contributed by atoms with Crippen molar-refractivity contribution in [2.45, 2.75) is 51.8 Å². The summed E-state index contributed by atoms with van der Waals surface area (Å²) in [7, 11) is 0. The summed E-state index contributed by atoms with van der Waals surface area (Å²) < 4.78 is 21.9. The maximum Gasteiger partial charge on any atom is 0.168 e. The summed E-state index contributed by atoms with van der Waals surface area (Å²) in [5.74, 6) is 1.30. The molecule has 7 nitrogen and oxygen atoms in total. The van der Waals surface area contributed by atoms with Crippen LogP contribution in [0.3, 0.4) is 0 Å². The van der Waals surface area contributed by atoms with Gasteiger partial charge < -0.3 is 9.64 Å². The maximum atomic E-state index is 14.2. The lowest BCUT2D eigenvalue weighted by molar-refractivity contribution is 0.0884. The highest BCUT2D eigenvalue weighted by molar-refractivity contribution is 5.48. The van der Waals surface area contributed by atoms with E-state index in [1.807, 2.05) is 16.8 Å². The molecule has 2 atom stereocenters. The predicted molar refractivity (Wildman–Crippen MR) is 109 cm³/mol. The van der Waals surface area contributed by atoms with Gasteiger partial charge in [0.1, 0.15) is 5.82 Å². The van der Waals surface area contributed by atoms with Crippen LogP contribution in [-0.2, 0) is 11.3 Å². The number of nitrogens with zero attached hydrogens (tertiary/aromatic N) is 6. The molecule has 0 amide bonds. The van der Waals surface area contributed by atoms with Gasteiger partial charge in [0.2, 0.25) is 0 Å².